The second-order valence-corrected chi connectivity index (χ2v) is 5.95. The zero-order valence-corrected chi connectivity index (χ0v) is 13.5. The van der Waals surface area contributed by atoms with Gasteiger partial charge < -0.3 is 15.2 Å². The molecule has 0 saturated carbocycles. The van der Waals surface area contributed by atoms with E-state index in [0.29, 0.717) is 11.3 Å². The second-order valence-electron chi connectivity index (χ2n) is 5.95. The fourth-order valence-corrected chi connectivity index (χ4v) is 2.81. The van der Waals surface area contributed by atoms with Crippen LogP contribution in [-0.4, -0.2) is 28.7 Å². The van der Waals surface area contributed by atoms with Crippen molar-refractivity contribution in [3.05, 3.63) is 65.7 Å². The van der Waals surface area contributed by atoms with Gasteiger partial charge in [0.05, 0.1) is 13.0 Å². The number of nitrogens with one attached hydrogen (secondary N) is 1. The molecule has 3 rings (SSSR count). The third-order valence-corrected chi connectivity index (χ3v) is 4.07. The summed E-state index contributed by atoms with van der Waals surface area (Å²) in [6, 6.07) is 15.4. The number of nitrogens with zero attached hydrogens (tertiary/aromatic N) is 1. The molecule has 6 nitrogen and oxygen atoms in total. The summed E-state index contributed by atoms with van der Waals surface area (Å²) in [5.41, 5.74) is 2.18. The molecule has 25 heavy (non-hydrogen) atoms. The smallest absolute Gasteiger partial charge is 0.252 e. The summed E-state index contributed by atoms with van der Waals surface area (Å²) < 4.78 is 0. The summed E-state index contributed by atoms with van der Waals surface area (Å²) in [7, 11) is 0. The lowest BCUT2D eigenvalue weighted by molar-refractivity contribution is -0.304. The highest BCUT2D eigenvalue weighted by molar-refractivity contribution is 6.06. The van der Waals surface area contributed by atoms with Crippen molar-refractivity contribution in [2.75, 3.05) is 5.32 Å². The molecule has 2 aromatic rings. The van der Waals surface area contributed by atoms with Gasteiger partial charge in [-0.1, -0.05) is 42.5 Å². The number of carboxylic acids is 1. The molecule has 0 spiro atoms. The lowest BCUT2D eigenvalue weighted by atomic mass is 10.1. The first-order valence-electron chi connectivity index (χ1n) is 7.96. The van der Waals surface area contributed by atoms with Gasteiger partial charge >= 0.3 is 0 Å². The highest BCUT2D eigenvalue weighted by Crippen LogP contribution is 2.21. The number of hydrogen-bond donors (Lipinski definition) is 1. The standard InChI is InChI=1S/C19H18N2O4/c22-17-11-16(19(25)21(17)12-14-4-2-1-3-5-14)20-15-8-6-13(7-9-15)10-18(23)24/h1-9,16,20H,10-12H2,(H,23,24)/p-1/t16-/m0/s1. The van der Waals surface area contributed by atoms with Crippen molar-refractivity contribution >= 4 is 23.5 Å². The van der Waals surface area contributed by atoms with Crippen molar-refractivity contribution < 1.29 is 19.5 Å². The zero-order chi connectivity index (χ0) is 17.8. The van der Waals surface area contributed by atoms with E-state index in [1.165, 1.54) is 4.90 Å². The Bertz CT molecular complexity index is 787. The van der Waals surface area contributed by atoms with E-state index in [2.05, 4.69) is 5.32 Å². The van der Waals surface area contributed by atoms with Crippen LogP contribution >= 0.6 is 0 Å². The van der Waals surface area contributed by atoms with E-state index in [9.17, 15) is 19.5 Å². The van der Waals surface area contributed by atoms with Crippen LogP contribution in [0.25, 0.3) is 0 Å². The van der Waals surface area contributed by atoms with Gasteiger partial charge in [-0.05, 0) is 23.3 Å². The lowest BCUT2D eigenvalue weighted by Gasteiger charge is -2.16. The third kappa shape index (κ3) is 4.03. The quantitative estimate of drug-likeness (QED) is 0.785. The van der Waals surface area contributed by atoms with E-state index in [1.807, 2.05) is 30.3 Å². The highest BCUT2D eigenvalue weighted by Gasteiger charge is 2.38. The Hall–Kier alpha value is -3.15. The molecule has 0 aromatic heterocycles. The molecule has 1 fully saturated rings. The number of aliphatic carboxylic acids is 1. The molecule has 1 aliphatic heterocycles. The van der Waals surface area contributed by atoms with Gasteiger partial charge in [-0.25, -0.2) is 0 Å². The molecule has 0 unspecified atom stereocenters. The lowest BCUT2D eigenvalue weighted by Crippen LogP contribution is -2.34. The SMILES string of the molecule is O=C([O-])Cc1ccc(N[C@H]2CC(=O)N(Cc3ccccc3)C2=O)cc1. The number of carboxylic acid groups (broad SMARTS) is 1. The van der Waals surface area contributed by atoms with Crippen LogP contribution in [0.15, 0.2) is 54.6 Å². The minimum Gasteiger partial charge on any atom is -0.550 e. The van der Waals surface area contributed by atoms with Crippen molar-refractivity contribution in [1.29, 1.82) is 0 Å². The van der Waals surface area contributed by atoms with Crippen molar-refractivity contribution in [1.82, 2.24) is 4.90 Å². The summed E-state index contributed by atoms with van der Waals surface area (Å²) in [5, 5.41) is 13.6. The first-order valence-corrected chi connectivity index (χ1v) is 7.96. The topological polar surface area (TPSA) is 89.5 Å². The summed E-state index contributed by atoms with van der Waals surface area (Å²) in [6.07, 6.45) is -0.0571. The van der Waals surface area contributed by atoms with Gasteiger partial charge in [0.2, 0.25) is 5.91 Å². The van der Waals surface area contributed by atoms with Crippen LogP contribution in [-0.2, 0) is 27.3 Å². The molecular weight excluding hydrogens is 320 g/mol. The average molecular weight is 337 g/mol. The number of carbonyl (C=O) groups is 3. The summed E-state index contributed by atoms with van der Waals surface area (Å²) in [5.74, 6) is -1.61. The van der Waals surface area contributed by atoms with Gasteiger partial charge in [-0.3, -0.25) is 14.5 Å². The molecule has 1 heterocycles. The first-order chi connectivity index (χ1) is 12.0. The van der Waals surface area contributed by atoms with E-state index >= 15 is 0 Å². The van der Waals surface area contributed by atoms with Gasteiger partial charge in [-0.15, -0.1) is 0 Å². The second kappa shape index (κ2) is 7.17. The van der Waals surface area contributed by atoms with Crippen molar-refractivity contribution in [3.8, 4) is 0 Å². The number of imide groups is 1. The Morgan fingerprint density at radius 3 is 2.36 bits per heavy atom. The first kappa shape index (κ1) is 16.7. The van der Waals surface area contributed by atoms with Crippen LogP contribution in [0, 0.1) is 0 Å². The molecule has 1 N–H and O–H groups in total. The van der Waals surface area contributed by atoms with Gasteiger partial charge in [0.15, 0.2) is 0 Å². The van der Waals surface area contributed by atoms with E-state index < -0.39 is 12.0 Å². The number of hydrogen-bond acceptors (Lipinski definition) is 5. The monoisotopic (exact) mass is 337 g/mol. The molecular formula is C19H17N2O4-. The Balaban J connectivity index is 1.65. The molecule has 2 aromatic carbocycles. The predicted octanol–water partition coefficient (Wildman–Crippen LogP) is 0.719. The van der Waals surface area contributed by atoms with Crippen LogP contribution in [0.1, 0.15) is 17.5 Å². The van der Waals surface area contributed by atoms with E-state index in [-0.39, 0.29) is 31.2 Å². The minimum absolute atomic E-state index is 0.104. The summed E-state index contributed by atoms with van der Waals surface area (Å²) in [6.45, 7) is 0.265. The third-order valence-electron chi connectivity index (χ3n) is 4.07. The maximum absolute atomic E-state index is 12.5. The predicted molar refractivity (Wildman–Crippen MR) is 89.2 cm³/mol. The Labute approximate surface area is 145 Å². The Morgan fingerprint density at radius 2 is 1.72 bits per heavy atom. The van der Waals surface area contributed by atoms with Crippen LogP contribution in [0.4, 0.5) is 5.69 Å². The number of rotatable bonds is 6. The molecule has 2 amide bonds. The van der Waals surface area contributed by atoms with E-state index in [0.717, 1.165) is 5.56 Å². The van der Waals surface area contributed by atoms with E-state index in [4.69, 9.17) is 0 Å². The number of benzene rings is 2. The average Bonchev–Trinajstić information content (AvgIpc) is 2.85. The molecule has 128 valence electrons. The summed E-state index contributed by atoms with van der Waals surface area (Å²) >= 11 is 0. The Kier molecular flexibility index (Phi) is 4.79. The summed E-state index contributed by atoms with van der Waals surface area (Å²) in [4.78, 5) is 36.5. The largest absolute Gasteiger partial charge is 0.550 e. The molecule has 6 heteroatoms. The minimum atomic E-state index is -1.14. The van der Waals surface area contributed by atoms with Crippen LogP contribution in [0.5, 0.6) is 0 Å². The fraction of sp³-hybridized carbons (Fsp3) is 0.211. The van der Waals surface area contributed by atoms with Gasteiger partial charge in [0.1, 0.15) is 6.04 Å². The molecule has 1 saturated heterocycles. The molecule has 1 aliphatic rings. The van der Waals surface area contributed by atoms with Crippen molar-refractivity contribution in [2.45, 2.75) is 25.4 Å². The zero-order valence-electron chi connectivity index (χ0n) is 13.5. The molecule has 0 aliphatic carbocycles. The van der Waals surface area contributed by atoms with Gasteiger partial charge in [0, 0.05) is 18.1 Å². The maximum Gasteiger partial charge on any atom is 0.252 e. The van der Waals surface area contributed by atoms with Crippen molar-refractivity contribution in [3.63, 3.8) is 0 Å². The number of anilines is 1. The molecule has 0 radical (unpaired) electrons. The number of likely N-dealkylation sites (tertiary alicyclic amines) is 1. The number of carbonyl (C=O) groups excluding carboxylic acids is 3. The van der Waals surface area contributed by atoms with Crippen molar-refractivity contribution in [2.24, 2.45) is 0 Å². The van der Waals surface area contributed by atoms with Gasteiger partial charge in [0.25, 0.3) is 5.91 Å². The van der Waals surface area contributed by atoms with E-state index in [1.54, 1.807) is 24.3 Å². The van der Waals surface area contributed by atoms with Crippen LogP contribution < -0.4 is 10.4 Å². The van der Waals surface area contributed by atoms with Gasteiger partial charge in [-0.2, -0.15) is 0 Å². The Morgan fingerprint density at radius 1 is 1.04 bits per heavy atom. The van der Waals surface area contributed by atoms with Crippen LogP contribution in [0.3, 0.4) is 0 Å². The fourth-order valence-electron chi connectivity index (χ4n) is 2.81. The normalized spacial score (nSPS) is 17.0. The molecule has 1 atom stereocenters. The van der Waals surface area contributed by atoms with Crippen LogP contribution in [0.2, 0.25) is 0 Å². The highest BCUT2D eigenvalue weighted by atomic mass is 16.4. The maximum atomic E-state index is 12.5. The number of amides is 2. The molecule has 0 bridgehead atoms.